The third-order valence-corrected chi connectivity index (χ3v) is 4.96. The molecular weight excluding hydrogens is 367 g/mol. The number of piperidine rings is 1. The zero-order chi connectivity index (χ0) is 20.3. The number of hydrogen-bond donors (Lipinski definition) is 0. The molecule has 3 atom stereocenters. The number of likely N-dealkylation sites (tertiary alicyclic amines) is 1. The minimum atomic E-state index is -1.37. The largest absolute Gasteiger partial charge is 0.468 e. The zero-order valence-electron chi connectivity index (χ0n) is 15.2. The van der Waals surface area contributed by atoms with Gasteiger partial charge < -0.3 is 9.64 Å². The molecule has 1 aliphatic heterocycles. The summed E-state index contributed by atoms with van der Waals surface area (Å²) in [5.41, 5.74) is 1.15. The smallest absolute Gasteiger partial charge is 0.319 e. The summed E-state index contributed by atoms with van der Waals surface area (Å²) in [6.45, 7) is -0.0100. The molecule has 0 bridgehead atoms. The van der Waals surface area contributed by atoms with Gasteiger partial charge in [0.1, 0.15) is 11.7 Å². The molecule has 1 amide bonds. The number of rotatable bonds is 5. The standard InChI is InChI=1S/C20H19FN2O5/c1-28-20(25)18-17(14-7-9-15(21)10-8-14)16(23(26)27)12-22(19(18)24)11-13-5-3-2-4-6-13/h2-10,16-18H,11-12H2,1H3/t16-,17+,18-/m0/s1. The molecule has 146 valence electrons. The van der Waals surface area contributed by atoms with Crippen molar-refractivity contribution in [3.05, 3.63) is 81.7 Å². The highest BCUT2D eigenvalue weighted by Gasteiger charge is 2.53. The van der Waals surface area contributed by atoms with Gasteiger partial charge in [-0.05, 0) is 23.3 Å². The van der Waals surface area contributed by atoms with Crippen LogP contribution in [-0.4, -0.2) is 41.4 Å². The van der Waals surface area contributed by atoms with Crippen molar-refractivity contribution in [2.24, 2.45) is 5.92 Å². The number of carbonyl (C=O) groups excluding carboxylic acids is 2. The van der Waals surface area contributed by atoms with Crippen molar-refractivity contribution in [1.29, 1.82) is 0 Å². The fourth-order valence-corrected chi connectivity index (χ4v) is 3.62. The third kappa shape index (κ3) is 3.85. The van der Waals surface area contributed by atoms with E-state index in [-0.39, 0.29) is 13.1 Å². The molecule has 28 heavy (non-hydrogen) atoms. The van der Waals surface area contributed by atoms with E-state index in [1.807, 2.05) is 6.07 Å². The summed E-state index contributed by atoms with van der Waals surface area (Å²) in [6.07, 6.45) is 0. The number of esters is 1. The number of benzene rings is 2. The first-order chi connectivity index (χ1) is 13.4. The summed E-state index contributed by atoms with van der Waals surface area (Å²) in [5, 5.41) is 11.8. The van der Waals surface area contributed by atoms with Gasteiger partial charge in [-0.3, -0.25) is 19.7 Å². The predicted molar refractivity (Wildman–Crippen MR) is 97.3 cm³/mol. The van der Waals surface area contributed by atoms with Gasteiger partial charge in [-0.25, -0.2) is 4.39 Å². The molecule has 0 saturated carbocycles. The van der Waals surface area contributed by atoms with Gasteiger partial charge in [0, 0.05) is 11.5 Å². The van der Waals surface area contributed by atoms with E-state index in [0.29, 0.717) is 5.56 Å². The van der Waals surface area contributed by atoms with Gasteiger partial charge in [-0.1, -0.05) is 42.5 Å². The van der Waals surface area contributed by atoms with Crippen LogP contribution in [0.25, 0.3) is 0 Å². The molecule has 0 N–H and O–H groups in total. The van der Waals surface area contributed by atoms with Crippen molar-refractivity contribution in [3.8, 4) is 0 Å². The molecular formula is C20H19FN2O5. The van der Waals surface area contributed by atoms with E-state index in [0.717, 1.165) is 24.8 Å². The second-order valence-corrected chi connectivity index (χ2v) is 6.64. The van der Waals surface area contributed by atoms with Crippen molar-refractivity contribution in [1.82, 2.24) is 4.90 Å². The summed E-state index contributed by atoms with van der Waals surface area (Å²) >= 11 is 0. The number of methoxy groups -OCH3 is 1. The summed E-state index contributed by atoms with van der Waals surface area (Å²) in [7, 11) is 1.13. The number of hydrogen-bond acceptors (Lipinski definition) is 5. The highest BCUT2D eigenvalue weighted by atomic mass is 19.1. The van der Waals surface area contributed by atoms with Crippen LogP contribution in [0.5, 0.6) is 0 Å². The molecule has 0 aromatic heterocycles. The number of carbonyl (C=O) groups is 2. The first kappa shape index (κ1) is 19.5. The van der Waals surface area contributed by atoms with Crippen molar-refractivity contribution < 1.29 is 23.6 Å². The minimum absolute atomic E-state index is 0.146. The van der Waals surface area contributed by atoms with E-state index in [2.05, 4.69) is 0 Å². The molecule has 8 heteroatoms. The van der Waals surface area contributed by atoms with Gasteiger partial charge in [0.2, 0.25) is 11.9 Å². The first-order valence-electron chi connectivity index (χ1n) is 8.72. The number of nitro groups is 1. The molecule has 0 radical (unpaired) electrons. The van der Waals surface area contributed by atoms with E-state index in [4.69, 9.17) is 4.74 Å². The lowest BCUT2D eigenvalue weighted by atomic mass is 9.76. The van der Waals surface area contributed by atoms with Crippen LogP contribution in [0.2, 0.25) is 0 Å². The number of amides is 1. The van der Waals surface area contributed by atoms with Crippen molar-refractivity contribution >= 4 is 11.9 Å². The normalized spacial score (nSPS) is 22.0. The zero-order valence-corrected chi connectivity index (χ0v) is 15.2. The third-order valence-electron chi connectivity index (χ3n) is 4.96. The van der Waals surface area contributed by atoms with E-state index < -0.39 is 40.5 Å². The van der Waals surface area contributed by atoms with E-state index in [1.54, 1.807) is 24.3 Å². The highest BCUT2D eigenvalue weighted by molar-refractivity contribution is 5.99. The second-order valence-electron chi connectivity index (χ2n) is 6.64. The average Bonchev–Trinajstić information content (AvgIpc) is 2.70. The number of ether oxygens (including phenoxy) is 1. The molecule has 2 aromatic carbocycles. The Morgan fingerprint density at radius 3 is 2.43 bits per heavy atom. The van der Waals surface area contributed by atoms with Gasteiger partial charge in [-0.2, -0.15) is 0 Å². The van der Waals surface area contributed by atoms with E-state index in [1.165, 1.54) is 17.0 Å². The van der Waals surface area contributed by atoms with Crippen LogP contribution in [0.15, 0.2) is 54.6 Å². The lowest BCUT2D eigenvalue weighted by Crippen LogP contribution is -2.56. The van der Waals surface area contributed by atoms with Crippen molar-refractivity contribution in [3.63, 3.8) is 0 Å². The average molecular weight is 386 g/mol. The Kier molecular flexibility index (Phi) is 5.67. The van der Waals surface area contributed by atoms with Crippen molar-refractivity contribution in [2.75, 3.05) is 13.7 Å². The summed E-state index contributed by atoms with van der Waals surface area (Å²) in [4.78, 5) is 38.1. The summed E-state index contributed by atoms with van der Waals surface area (Å²) in [5.74, 6) is -4.30. The van der Waals surface area contributed by atoms with Crippen molar-refractivity contribution in [2.45, 2.75) is 18.5 Å². The molecule has 1 fully saturated rings. The molecule has 2 aromatic rings. The van der Waals surface area contributed by atoms with Crippen LogP contribution >= 0.6 is 0 Å². The van der Waals surface area contributed by atoms with Gasteiger partial charge in [0.05, 0.1) is 19.6 Å². The lowest BCUT2D eigenvalue weighted by Gasteiger charge is -2.38. The Morgan fingerprint density at radius 2 is 1.86 bits per heavy atom. The minimum Gasteiger partial charge on any atom is -0.468 e. The Labute approximate surface area is 160 Å². The molecule has 0 unspecified atom stereocenters. The van der Waals surface area contributed by atoms with Gasteiger partial charge in [0.25, 0.3) is 0 Å². The quantitative estimate of drug-likeness (QED) is 0.341. The van der Waals surface area contributed by atoms with Gasteiger partial charge >= 0.3 is 5.97 Å². The molecule has 1 saturated heterocycles. The Morgan fingerprint density at radius 1 is 1.21 bits per heavy atom. The topological polar surface area (TPSA) is 89.8 Å². The summed E-state index contributed by atoms with van der Waals surface area (Å²) < 4.78 is 18.1. The maximum absolute atomic E-state index is 13.3. The fraction of sp³-hybridized carbons (Fsp3) is 0.300. The monoisotopic (exact) mass is 386 g/mol. The Bertz CT molecular complexity index is 872. The molecule has 1 aliphatic rings. The summed E-state index contributed by atoms with van der Waals surface area (Å²) in [6, 6.07) is 12.8. The van der Waals surface area contributed by atoms with Gasteiger partial charge in [-0.15, -0.1) is 0 Å². The Hall–Kier alpha value is -3.29. The molecule has 7 nitrogen and oxygen atoms in total. The predicted octanol–water partition coefficient (Wildman–Crippen LogP) is 2.39. The van der Waals surface area contributed by atoms with Crippen LogP contribution in [0, 0.1) is 21.8 Å². The van der Waals surface area contributed by atoms with E-state index >= 15 is 0 Å². The maximum atomic E-state index is 13.3. The number of halogens is 1. The maximum Gasteiger partial charge on any atom is 0.319 e. The Balaban J connectivity index is 2.01. The van der Waals surface area contributed by atoms with Gasteiger partial charge in [0.15, 0.2) is 0 Å². The van der Waals surface area contributed by atoms with Crippen LogP contribution in [0.3, 0.4) is 0 Å². The van der Waals surface area contributed by atoms with Crippen LogP contribution in [-0.2, 0) is 20.9 Å². The highest BCUT2D eigenvalue weighted by Crippen LogP contribution is 2.37. The van der Waals surface area contributed by atoms with Crippen LogP contribution in [0.1, 0.15) is 17.0 Å². The SMILES string of the molecule is COC(=O)[C@@H]1C(=O)N(Cc2ccccc2)C[C@H]([N+](=O)[O-])[C@H]1c1ccc(F)cc1. The number of nitrogens with zero attached hydrogens (tertiary/aromatic N) is 2. The second kappa shape index (κ2) is 8.16. The molecule has 3 rings (SSSR count). The molecule has 0 spiro atoms. The first-order valence-corrected chi connectivity index (χ1v) is 8.72. The van der Waals surface area contributed by atoms with Crippen LogP contribution < -0.4 is 0 Å². The fourth-order valence-electron chi connectivity index (χ4n) is 3.62. The van der Waals surface area contributed by atoms with Crippen LogP contribution in [0.4, 0.5) is 4.39 Å². The molecule has 0 aliphatic carbocycles. The van der Waals surface area contributed by atoms with E-state index in [9.17, 15) is 24.1 Å². The molecule has 1 heterocycles. The lowest BCUT2D eigenvalue weighted by molar-refractivity contribution is -0.529.